The first-order valence-electron chi connectivity index (χ1n) is 10.6. The second-order valence-electron chi connectivity index (χ2n) is 7.80. The van der Waals surface area contributed by atoms with E-state index in [2.05, 4.69) is 0 Å². The van der Waals surface area contributed by atoms with Crippen LogP contribution in [0.4, 0.5) is 17.6 Å². The molecule has 0 fully saturated rings. The fourth-order valence-corrected chi connectivity index (χ4v) is 4.75. The van der Waals surface area contributed by atoms with Gasteiger partial charge in [-0.25, -0.2) is 0 Å². The molecule has 1 atom stereocenters. The minimum absolute atomic E-state index is 0.0635. The van der Waals surface area contributed by atoms with Gasteiger partial charge in [0.2, 0.25) is 0 Å². The van der Waals surface area contributed by atoms with Crippen LogP contribution in [0.1, 0.15) is 60.1 Å². The molecule has 0 heterocycles. The molecule has 1 unspecified atom stereocenters. The van der Waals surface area contributed by atoms with Crippen molar-refractivity contribution in [2.75, 3.05) is 6.61 Å². The Kier molecular flexibility index (Phi) is 6.46. The number of carboxylic acid groups (broad SMARTS) is 2. The SMILES string of the molecule is CCOc1cc2c(c(CC)c1CC)C(F)(F)C(F)(F)c1ccccc1C2C(C(=O)O)C(=O)O. The lowest BCUT2D eigenvalue weighted by molar-refractivity contribution is -0.223. The van der Waals surface area contributed by atoms with Crippen molar-refractivity contribution in [3.8, 4) is 5.75 Å². The van der Waals surface area contributed by atoms with Crippen LogP contribution in [0.5, 0.6) is 5.75 Å². The van der Waals surface area contributed by atoms with Gasteiger partial charge >= 0.3 is 23.8 Å². The number of alkyl halides is 4. The Morgan fingerprint density at radius 3 is 2.03 bits per heavy atom. The summed E-state index contributed by atoms with van der Waals surface area (Å²) in [5.41, 5.74) is -2.84. The van der Waals surface area contributed by atoms with Crippen molar-refractivity contribution in [3.63, 3.8) is 0 Å². The van der Waals surface area contributed by atoms with E-state index in [1.165, 1.54) is 13.0 Å². The van der Waals surface area contributed by atoms with E-state index >= 15 is 17.6 Å². The second kappa shape index (κ2) is 8.68. The van der Waals surface area contributed by atoms with Crippen LogP contribution in [-0.4, -0.2) is 28.8 Å². The van der Waals surface area contributed by atoms with Gasteiger partial charge in [-0.15, -0.1) is 0 Å². The van der Waals surface area contributed by atoms with Crippen LogP contribution >= 0.6 is 0 Å². The molecule has 0 saturated carbocycles. The lowest BCUT2D eigenvalue weighted by atomic mass is 9.76. The third-order valence-corrected chi connectivity index (χ3v) is 6.09. The highest BCUT2D eigenvalue weighted by Crippen LogP contribution is 2.59. The molecular formula is C24H24F4O5. The van der Waals surface area contributed by atoms with Crippen LogP contribution in [0.2, 0.25) is 0 Å². The average molecular weight is 468 g/mol. The minimum atomic E-state index is -4.73. The van der Waals surface area contributed by atoms with Gasteiger partial charge in [-0.1, -0.05) is 38.1 Å². The number of aliphatic carboxylic acids is 2. The van der Waals surface area contributed by atoms with Crippen molar-refractivity contribution >= 4 is 11.9 Å². The topological polar surface area (TPSA) is 83.8 Å². The van der Waals surface area contributed by atoms with E-state index < -0.39 is 57.9 Å². The number of hydrogen-bond donors (Lipinski definition) is 2. The van der Waals surface area contributed by atoms with Gasteiger partial charge in [0.1, 0.15) is 5.75 Å². The molecule has 2 N–H and O–H groups in total. The monoisotopic (exact) mass is 468 g/mol. The number of halogens is 4. The van der Waals surface area contributed by atoms with E-state index in [1.807, 2.05) is 0 Å². The fraction of sp³-hybridized carbons (Fsp3) is 0.417. The molecule has 2 aromatic rings. The summed E-state index contributed by atoms with van der Waals surface area (Å²) < 4.78 is 68.1. The van der Waals surface area contributed by atoms with Gasteiger partial charge in [-0.3, -0.25) is 9.59 Å². The Hall–Kier alpha value is -3.10. The summed E-state index contributed by atoms with van der Waals surface area (Å²) >= 11 is 0. The van der Waals surface area contributed by atoms with Crippen LogP contribution in [0.3, 0.4) is 0 Å². The van der Waals surface area contributed by atoms with Gasteiger partial charge in [-0.2, -0.15) is 17.6 Å². The maximum atomic E-state index is 15.7. The minimum Gasteiger partial charge on any atom is -0.494 e. The van der Waals surface area contributed by atoms with Gasteiger partial charge in [0.05, 0.1) is 6.61 Å². The number of hydrogen-bond acceptors (Lipinski definition) is 3. The maximum absolute atomic E-state index is 15.7. The zero-order chi connectivity index (χ0) is 24.7. The molecule has 0 amide bonds. The standard InChI is InChI=1S/C24H24F4O5/c1-4-12-13(5-2)20-15(11-17(12)33-6-3)18(19(21(29)30)22(31)32)14-9-7-8-10-16(14)23(25,26)24(20,27)28/h7-11,18-19H,4-6H2,1-3H3,(H,29,30)(H,31,32). The number of fused-ring (bicyclic) bond motifs is 2. The Morgan fingerprint density at radius 2 is 1.52 bits per heavy atom. The summed E-state index contributed by atoms with van der Waals surface area (Å²) in [6.45, 7) is 4.99. The first kappa shape index (κ1) is 24.5. The van der Waals surface area contributed by atoms with E-state index in [1.54, 1.807) is 13.8 Å². The van der Waals surface area contributed by atoms with Crippen LogP contribution < -0.4 is 4.74 Å². The highest BCUT2D eigenvalue weighted by atomic mass is 19.3. The summed E-state index contributed by atoms with van der Waals surface area (Å²) in [7, 11) is 0. The molecule has 0 radical (unpaired) electrons. The molecule has 0 aliphatic heterocycles. The highest BCUT2D eigenvalue weighted by molar-refractivity contribution is 5.95. The first-order chi connectivity index (χ1) is 15.4. The number of carboxylic acids is 2. The molecule has 0 spiro atoms. The van der Waals surface area contributed by atoms with Crippen molar-refractivity contribution in [3.05, 3.63) is 63.7 Å². The molecule has 1 aliphatic carbocycles. The quantitative estimate of drug-likeness (QED) is 0.424. The van der Waals surface area contributed by atoms with Gasteiger partial charge in [0.25, 0.3) is 0 Å². The molecular weight excluding hydrogens is 444 g/mol. The Bertz CT molecular complexity index is 1080. The van der Waals surface area contributed by atoms with Crippen molar-refractivity contribution < 1.29 is 42.1 Å². The third kappa shape index (κ3) is 3.63. The first-order valence-corrected chi connectivity index (χ1v) is 10.6. The van der Waals surface area contributed by atoms with E-state index in [-0.39, 0.29) is 30.8 Å². The lowest BCUT2D eigenvalue weighted by Crippen LogP contribution is -2.36. The predicted octanol–water partition coefficient (Wildman–Crippen LogP) is 5.32. The molecule has 2 aromatic carbocycles. The van der Waals surface area contributed by atoms with Crippen molar-refractivity contribution in [2.45, 2.75) is 51.4 Å². The van der Waals surface area contributed by atoms with Crippen LogP contribution in [-0.2, 0) is 34.3 Å². The molecule has 33 heavy (non-hydrogen) atoms. The van der Waals surface area contributed by atoms with Crippen LogP contribution in [0.15, 0.2) is 30.3 Å². The highest BCUT2D eigenvalue weighted by Gasteiger charge is 2.64. The molecule has 0 aromatic heterocycles. The molecule has 9 heteroatoms. The average Bonchev–Trinajstić information content (AvgIpc) is 2.80. The summed E-state index contributed by atoms with van der Waals surface area (Å²) in [6.07, 6.45) is 0.137. The van der Waals surface area contributed by atoms with Crippen molar-refractivity contribution in [1.82, 2.24) is 0 Å². The Morgan fingerprint density at radius 1 is 0.939 bits per heavy atom. The summed E-state index contributed by atoms with van der Waals surface area (Å²) in [4.78, 5) is 24.0. The molecule has 0 bridgehead atoms. The second-order valence-corrected chi connectivity index (χ2v) is 7.80. The zero-order valence-corrected chi connectivity index (χ0v) is 18.3. The zero-order valence-electron chi connectivity index (χ0n) is 18.3. The normalized spacial score (nSPS) is 18.2. The largest absolute Gasteiger partial charge is 0.494 e. The molecule has 1 aliphatic rings. The Labute approximate surface area is 188 Å². The molecule has 0 saturated heterocycles. The maximum Gasteiger partial charge on any atom is 0.340 e. The number of benzene rings is 2. The summed E-state index contributed by atoms with van der Waals surface area (Å²) in [5, 5.41) is 19.4. The Balaban J connectivity index is 2.61. The molecule has 3 rings (SSSR count). The predicted molar refractivity (Wildman–Crippen MR) is 111 cm³/mol. The smallest absolute Gasteiger partial charge is 0.340 e. The van der Waals surface area contributed by atoms with Gasteiger partial charge in [-0.05, 0) is 48.1 Å². The van der Waals surface area contributed by atoms with Crippen LogP contribution in [0, 0.1) is 5.92 Å². The van der Waals surface area contributed by atoms with Crippen molar-refractivity contribution in [2.24, 2.45) is 5.92 Å². The van der Waals surface area contributed by atoms with E-state index in [0.29, 0.717) is 5.56 Å². The summed E-state index contributed by atoms with van der Waals surface area (Å²) in [5.74, 6) is -17.0. The number of rotatable bonds is 7. The third-order valence-electron chi connectivity index (χ3n) is 6.09. The molecule has 178 valence electrons. The van der Waals surface area contributed by atoms with Gasteiger partial charge < -0.3 is 14.9 Å². The van der Waals surface area contributed by atoms with E-state index in [0.717, 1.165) is 24.3 Å². The van der Waals surface area contributed by atoms with Gasteiger partial charge in [0.15, 0.2) is 5.92 Å². The summed E-state index contributed by atoms with van der Waals surface area (Å²) in [6, 6.07) is 5.41. The number of carbonyl (C=O) groups is 2. The lowest BCUT2D eigenvalue weighted by Gasteiger charge is -2.30. The number of ether oxygens (including phenoxy) is 1. The molecule has 5 nitrogen and oxygen atoms in total. The van der Waals surface area contributed by atoms with E-state index in [9.17, 15) is 19.8 Å². The van der Waals surface area contributed by atoms with Gasteiger partial charge in [0, 0.05) is 17.0 Å². The fourth-order valence-electron chi connectivity index (χ4n) is 4.75. The van der Waals surface area contributed by atoms with Crippen LogP contribution in [0.25, 0.3) is 0 Å². The van der Waals surface area contributed by atoms with E-state index in [4.69, 9.17) is 4.74 Å². The van der Waals surface area contributed by atoms with Crippen molar-refractivity contribution in [1.29, 1.82) is 0 Å².